The van der Waals surface area contributed by atoms with Crippen molar-refractivity contribution in [3.05, 3.63) is 36.5 Å². The molecule has 0 saturated carbocycles. The fourth-order valence-electron chi connectivity index (χ4n) is 7.62. The normalized spacial score (nSPS) is 12.9. The Morgan fingerprint density at radius 3 is 1.20 bits per heavy atom. The van der Waals surface area contributed by atoms with E-state index in [1.807, 2.05) is 6.08 Å². The molecule has 6 heteroatoms. The molecule has 0 aliphatic heterocycles. The first-order valence-electron chi connectivity index (χ1n) is 25.8. The van der Waals surface area contributed by atoms with Crippen LogP contribution in [0.2, 0.25) is 0 Å². The van der Waals surface area contributed by atoms with Crippen LogP contribution < -0.4 is 5.32 Å². The lowest BCUT2D eigenvalue weighted by molar-refractivity contribution is -0.143. The highest BCUT2D eigenvalue weighted by Crippen LogP contribution is 2.14. The van der Waals surface area contributed by atoms with Gasteiger partial charge in [-0.3, -0.25) is 9.59 Å². The van der Waals surface area contributed by atoms with Gasteiger partial charge in [0.05, 0.1) is 25.4 Å². The zero-order valence-electron chi connectivity index (χ0n) is 39.2. The second kappa shape index (κ2) is 48.7. The maximum absolute atomic E-state index is 12.4. The first kappa shape index (κ1) is 57.1. The smallest absolute Gasteiger partial charge is 0.305 e. The van der Waals surface area contributed by atoms with Crippen LogP contribution in [0.3, 0.4) is 0 Å². The zero-order valence-corrected chi connectivity index (χ0v) is 39.2. The van der Waals surface area contributed by atoms with E-state index in [0.29, 0.717) is 19.4 Å². The van der Waals surface area contributed by atoms with Crippen LogP contribution in [-0.4, -0.2) is 47.4 Å². The molecule has 0 aromatic heterocycles. The molecular weight excluding hydrogens is 731 g/mol. The van der Waals surface area contributed by atoms with E-state index < -0.39 is 12.1 Å². The van der Waals surface area contributed by atoms with Crippen molar-refractivity contribution in [1.82, 2.24) is 5.32 Å². The fraction of sp³-hybridized carbons (Fsp3) is 0.849. The Hall–Kier alpha value is -1.92. The monoisotopic (exact) mass is 830 g/mol. The molecule has 0 aliphatic rings. The summed E-state index contributed by atoms with van der Waals surface area (Å²) >= 11 is 0. The second-order valence-corrected chi connectivity index (χ2v) is 17.5. The number of amides is 1. The molecule has 1 amide bonds. The van der Waals surface area contributed by atoms with Crippen LogP contribution >= 0.6 is 0 Å². The SMILES string of the molecule is CCCCCCC/C=C\CCCCCCCC(=O)OCCCCCCCCC/C=C\CCCCCCCC(=O)NC(CO)C(O)/C=C/CCCCCCCCCCCC. The third kappa shape index (κ3) is 45.4. The van der Waals surface area contributed by atoms with Crippen LogP contribution in [0.4, 0.5) is 0 Å². The summed E-state index contributed by atoms with van der Waals surface area (Å²) < 4.78 is 5.45. The third-order valence-electron chi connectivity index (χ3n) is 11.6. The minimum atomic E-state index is -0.854. The van der Waals surface area contributed by atoms with Crippen molar-refractivity contribution >= 4 is 11.9 Å². The van der Waals surface area contributed by atoms with Crippen molar-refractivity contribution in [2.24, 2.45) is 0 Å². The van der Waals surface area contributed by atoms with E-state index in [0.717, 1.165) is 64.2 Å². The number of rotatable bonds is 47. The molecule has 2 atom stereocenters. The quantitative estimate of drug-likeness (QED) is 0.0323. The van der Waals surface area contributed by atoms with E-state index in [4.69, 9.17) is 4.74 Å². The van der Waals surface area contributed by atoms with E-state index in [2.05, 4.69) is 43.5 Å². The van der Waals surface area contributed by atoms with Crippen LogP contribution in [0.5, 0.6) is 0 Å². The van der Waals surface area contributed by atoms with Gasteiger partial charge in [-0.25, -0.2) is 0 Å². The molecule has 0 aromatic carbocycles. The van der Waals surface area contributed by atoms with E-state index in [1.54, 1.807) is 6.08 Å². The van der Waals surface area contributed by atoms with Gasteiger partial charge in [0.2, 0.25) is 5.91 Å². The van der Waals surface area contributed by atoms with Gasteiger partial charge >= 0.3 is 5.97 Å². The molecule has 0 radical (unpaired) electrons. The molecule has 0 saturated heterocycles. The highest BCUT2D eigenvalue weighted by molar-refractivity contribution is 5.76. The average molecular weight is 830 g/mol. The topological polar surface area (TPSA) is 95.9 Å². The number of hydrogen-bond acceptors (Lipinski definition) is 5. The largest absolute Gasteiger partial charge is 0.466 e. The average Bonchev–Trinajstić information content (AvgIpc) is 3.24. The van der Waals surface area contributed by atoms with Crippen LogP contribution in [-0.2, 0) is 14.3 Å². The van der Waals surface area contributed by atoms with Gasteiger partial charge in [-0.1, -0.05) is 204 Å². The number of carbonyl (C=O) groups excluding carboxylic acids is 2. The van der Waals surface area contributed by atoms with Crippen molar-refractivity contribution in [1.29, 1.82) is 0 Å². The van der Waals surface area contributed by atoms with Crippen LogP contribution in [0.1, 0.15) is 264 Å². The Morgan fingerprint density at radius 2 is 0.797 bits per heavy atom. The second-order valence-electron chi connectivity index (χ2n) is 17.5. The Morgan fingerprint density at radius 1 is 0.458 bits per heavy atom. The van der Waals surface area contributed by atoms with E-state index in [1.165, 1.54) is 173 Å². The summed E-state index contributed by atoms with van der Waals surface area (Å²) in [5.41, 5.74) is 0. The number of hydrogen-bond donors (Lipinski definition) is 3. The minimum absolute atomic E-state index is 0.0132. The van der Waals surface area contributed by atoms with Crippen molar-refractivity contribution in [2.45, 2.75) is 276 Å². The Labute approximate surface area is 366 Å². The highest BCUT2D eigenvalue weighted by atomic mass is 16.5. The Kier molecular flexibility index (Phi) is 47.2. The lowest BCUT2D eigenvalue weighted by atomic mass is 10.1. The minimum Gasteiger partial charge on any atom is -0.466 e. The third-order valence-corrected chi connectivity index (χ3v) is 11.6. The van der Waals surface area contributed by atoms with Gasteiger partial charge in [-0.2, -0.15) is 0 Å². The molecule has 2 unspecified atom stereocenters. The summed E-state index contributed by atoms with van der Waals surface area (Å²) in [7, 11) is 0. The predicted molar refractivity (Wildman–Crippen MR) is 255 cm³/mol. The first-order valence-corrected chi connectivity index (χ1v) is 25.8. The molecule has 6 nitrogen and oxygen atoms in total. The molecule has 0 spiro atoms. The zero-order chi connectivity index (χ0) is 43.0. The molecule has 346 valence electrons. The van der Waals surface area contributed by atoms with Gasteiger partial charge in [0, 0.05) is 12.8 Å². The summed E-state index contributed by atoms with van der Waals surface area (Å²) in [6, 6.07) is -0.639. The van der Waals surface area contributed by atoms with Gasteiger partial charge in [0.1, 0.15) is 0 Å². The van der Waals surface area contributed by atoms with Crippen molar-refractivity contribution < 1.29 is 24.5 Å². The summed E-state index contributed by atoms with van der Waals surface area (Å²) in [6.07, 6.45) is 58.6. The highest BCUT2D eigenvalue weighted by Gasteiger charge is 2.18. The molecule has 0 aliphatic carbocycles. The maximum Gasteiger partial charge on any atom is 0.305 e. The van der Waals surface area contributed by atoms with E-state index in [9.17, 15) is 19.8 Å². The number of aliphatic hydroxyl groups is 2. The van der Waals surface area contributed by atoms with Crippen LogP contribution in [0.15, 0.2) is 36.5 Å². The lowest BCUT2D eigenvalue weighted by Gasteiger charge is -2.20. The van der Waals surface area contributed by atoms with Gasteiger partial charge in [-0.15, -0.1) is 0 Å². The number of esters is 1. The number of aliphatic hydroxyl groups excluding tert-OH is 2. The summed E-state index contributed by atoms with van der Waals surface area (Å²) in [5, 5.41) is 23.0. The number of unbranched alkanes of at least 4 members (excludes halogenated alkanes) is 32. The molecule has 0 fully saturated rings. The van der Waals surface area contributed by atoms with Crippen LogP contribution in [0, 0.1) is 0 Å². The van der Waals surface area contributed by atoms with Gasteiger partial charge in [0.15, 0.2) is 0 Å². The van der Waals surface area contributed by atoms with Crippen molar-refractivity contribution in [3.63, 3.8) is 0 Å². The molecule has 0 aromatic rings. The standard InChI is InChI=1S/C53H99NO5/c1-3-5-7-9-11-13-15-17-23-27-31-35-39-43-47-53(58)59-48-44-40-36-32-28-24-21-19-18-20-22-26-30-34-38-42-46-52(57)54-50(49-55)51(56)45-41-37-33-29-25-16-14-12-10-8-6-4-2/h15,17-18,20,41,45,50-51,55-56H,3-14,16,19,21-40,42-44,46-49H2,1-2H3,(H,54,57)/b17-15-,20-18-,45-41+. The Bertz CT molecular complexity index is 962. The fourth-order valence-corrected chi connectivity index (χ4v) is 7.62. The van der Waals surface area contributed by atoms with E-state index in [-0.39, 0.29) is 18.5 Å². The van der Waals surface area contributed by atoms with Crippen LogP contribution in [0.25, 0.3) is 0 Å². The molecule has 3 N–H and O–H groups in total. The first-order chi connectivity index (χ1) is 29.0. The van der Waals surface area contributed by atoms with E-state index >= 15 is 0 Å². The molecular formula is C53H99NO5. The summed E-state index contributed by atoms with van der Waals surface area (Å²) in [4.78, 5) is 24.4. The predicted octanol–water partition coefficient (Wildman–Crippen LogP) is 15.3. The number of nitrogens with one attached hydrogen (secondary N) is 1. The Balaban J connectivity index is 3.50. The molecule has 0 bridgehead atoms. The maximum atomic E-state index is 12.4. The molecule has 0 rings (SSSR count). The molecule has 0 heterocycles. The number of carbonyl (C=O) groups is 2. The number of allylic oxidation sites excluding steroid dienone is 5. The summed E-state index contributed by atoms with van der Waals surface area (Å²) in [6.45, 7) is 4.85. The number of ether oxygens (including phenoxy) is 1. The van der Waals surface area contributed by atoms with Gasteiger partial charge in [-0.05, 0) is 83.5 Å². The van der Waals surface area contributed by atoms with Crippen molar-refractivity contribution in [2.75, 3.05) is 13.2 Å². The summed E-state index contributed by atoms with van der Waals surface area (Å²) in [5.74, 6) is -0.100. The van der Waals surface area contributed by atoms with Crippen molar-refractivity contribution in [3.8, 4) is 0 Å². The van der Waals surface area contributed by atoms with Gasteiger partial charge in [0.25, 0.3) is 0 Å². The molecule has 59 heavy (non-hydrogen) atoms. The lowest BCUT2D eigenvalue weighted by Crippen LogP contribution is -2.45. The van der Waals surface area contributed by atoms with Gasteiger partial charge < -0.3 is 20.3 Å².